The normalized spacial score (nSPS) is 14.7. The van der Waals surface area contributed by atoms with Crippen molar-refractivity contribution in [3.05, 3.63) is 71.2 Å². The van der Waals surface area contributed by atoms with Gasteiger partial charge in [0, 0.05) is 36.0 Å². The van der Waals surface area contributed by atoms with Crippen LogP contribution in [0.1, 0.15) is 45.6 Å². The molecule has 4 rings (SSSR count). The molecule has 0 unspecified atom stereocenters. The topological polar surface area (TPSA) is 86.8 Å². The SMILES string of the molecule is CC[C@@H](C(=O)NC(C)C)N(Cc1ccc(Cl)cc1)C(=O)CCCN1c2cccc3cccc(c23)S1(=O)=O. The first-order valence-electron chi connectivity index (χ1n) is 12.5. The monoisotopic (exact) mass is 541 g/mol. The van der Waals surface area contributed by atoms with Crippen LogP contribution >= 0.6 is 11.6 Å². The number of halogens is 1. The molecule has 1 aliphatic rings. The Labute approximate surface area is 223 Å². The minimum absolute atomic E-state index is 0.0567. The number of hydrogen-bond acceptors (Lipinski definition) is 4. The zero-order chi connectivity index (χ0) is 26.7. The third kappa shape index (κ3) is 5.60. The van der Waals surface area contributed by atoms with Crippen molar-refractivity contribution in [3.63, 3.8) is 0 Å². The van der Waals surface area contributed by atoms with E-state index in [9.17, 15) is 18.0 Å². The van der Waals surface area contributed by atoms with Crippen LogP contribution in [0, 0.1) is 0 Å². The number of hydrogen-bond donors (Lipinski definition) is 1. The predicted molar refractivity (Wildman–Crippen MR) is 147 cm³/mol. The predicted octanol–water partition coefficient (Wildman–Crippen LogP) is 5.11. The van der Waals surface area contributed by atoms with E-state index in [-0.39, 0.29) is 37.4 Å². The molecule has 0 saturated heterocycles. The lowest BCUT2D eigenvalue weighted by molar-refractivity contribution is -0.141. The van der Waals surface area contributed by atoms with Crippen LogP contribution in [0.2, 0.25) is 5.02 Å². The Balaban J connectivity index is 1.52. The number of carbonyl (C=O) groups excluding carboxylic acids is 2. The molecular formula is C28H32ClN3O4S. The molecule has 7 nitrogen and oxygen atoms in total. The average molecular weight is 542 g/mol. The van der Waals surface area contributed by atoms with Gasteiger partial charge in [-0.1, -0.05) is 54.9 Å². The van der Waals surface area contributed by atoms with E-state index in [0.29, 0.717) is 28.4 Å². The molecule has 0 aromatic heterocycles. The first-order valence-corrected chi connectivity index (χ1v) is 14.3. The molecule has 1 aliphatic heterocycles. The molecule has 0 radical (unpaired) electrons. The van der Waals surface area contributed by atoms with Gasteiger partial charge in [0.25, 0.3) is 10.0 Å². The highest BCUT2D eigenvalue weighted by Crippen LogP contribution is 2.42. The molecule has 3 aromatic carbocycles. The summed E-state index contributed by atoms with van der Waals surface area (Å²) in [6.07, 6.45) is 0.884. The molecule has 0 aliphatic carbocycles. The quantitative estimate of drug-likeness (QED) is 0.386. The van der Waals surface area contributed by atoms with Gasteiger partial charge in [-0.2, -0.15) is 0 Å². The van der Waals surface area contributed by atoms with Gasteiger partial charge in [-0.15, -0.1) is 0 Å². The van der Waals surface area contributed by atoms with Crippen molar-refractivity contribution in [1.82, 2.24) is 10.2 Å². The highest BCUT2D eigenvalue weighted by atomic mass is 35.5. The number of rotatable bonds is 10. The minimum Gasteiger partial charge on any atom is -0.352 e. The van der Waals surface area contributed by atoms with Gasteiger partial charge in [-0.25, -0.2) is 8.42 Å². The third-order valence-corrected chi connectivity index (χ3v) is 8.62. The fraction of sp³-hybridized carbons (Fsp3) is 0.357. The van der Waals surface area contributed by atoms with Gasteiger partial charge in [0.1, 0.15) is 6.04 Å². The Morgan fingerprint density at radius 1 is 1.03 bits per heavy atom. The molecule has 196 valence electrons. The largest absolute Gasteiger partial charge is 0.352 e. The van der Waals surface area contributed by atoms with E-state index in [1.165, 1.54) is 4.31 Å². The van der Waals surface area contributed by atoms with E-state index >= 15 is 0 Å². The van der Waals surface area contributed by atoms with Crippen LogP contribution in [0.15, 0.2) is 65.6 Å². The molecule has 0 bridgehead atoms. The number of anilines is 1. The average Bonchev–Trinajstić information content (AvgIpc) is 3.07. The van der Waals surface area contributed by atoms with E-state index in [0.717, 1.165) is 16.3 Å². The maximum atomic E-state index is 13.5. The van der Waals surface area contributed by atoms with Gasteiger partial charge in [-0.3, -0.25) is 13.9 Å². The van der Waals surface area contributed by atoms with Gasteiger partial charge in [-0.05, 0) is 61.9 Å². The maximum Gasteiger partial charge on any atom is 0.265 e. The summed E-state index contributed by atoms with van der Waals surface area (Å²) in [4.78, 5) is 28.4. The van der Waals surface area contributed by atoms with Crippen LogP contribution in [0.25, 0.3) is 10.8 Å². The highest BCUT2D eigenvalue weighted by Gasteiger charge is 2.35. The molecule has 9 heteroatoms. The standard InChI is InChI=1S/C28H32ClN3O4S/c1-4-23(28(34)30-19(2)3)31(18-20-13-15-22(29)16-14-20)26(33)12-7-17-32-24-10-5-8-21-9-6-11-25(27(21)24)37(32,35)36/h5-6,8-11,13-16,19,23H,4,7,12,17-18H2,1-3H3,(H,30,34)/t23-/m0/s1. The van der Waals surface area contributed by atoms with Gasteiger partial charge in [0.05, 0.1) is 10.6 Å². The zero-order valence-corrected chi connectivity index (χ0v) is 22.8. The van der Waals surface area contributed by atoms with Gasteiger partial charge >= 0.3 is 0 Å². The van der Waals surface area contributed by atoms with Crippen LogP contribution in [0.5, 0.6) is 0 Å². The maximum absolute atomic E-state index is 13.5. The van der Waals surface area contributed by atoms with Crippen LogP contribution in [0.3, 0.4) is 0 Å². The van der Waals surface area contributed by atoms with E-state index in [1.54, 1.807) is 35.2 Å². The van der Waals surface area contributed by atoms with Crippen LogP contribution in [0.4, 0.5) is 5.69 Å². The van der Waals surface area contributed by atoms with Crippen LogP contribution < -0.4 is 9.62 Å². The number of sulfonamides is 1. The summed E-state index contributed by atoms with van der Waals surface area (Å²) in [5.74, 6) is -0.405. The summed E-state index contributed by atoms with van der Waals surface area (Å²) < 4.78 is 27.9. The molecule has 37 heavy (non-hydrogen) atoms. The summed E-state index contributed by atoms with van der Waals surface area (Å²) in [5, 5.41) is 5.10. The zero-order valence-electron chi connectivity index (χ0n) is 21.3. The smallest absolute Gasteiger partial charge is 0.265 e. The van der Waals surface area contributed by atoms with Gasteiger partial charge in [0.15, 0.2) is 0 Å². The number of benzene rings is 3. The minimum atomic E-state index is -3.69. The second kappa shape index (κ2) is 11.1. The Kier molecular flexibility index (Phi) is 8.09. The Morgan fingerprint density at radius 3 is 2.35 bits per heavy atom. The second-order valence-corrected chi connectivity index (χ2v) is 11.8. The molecule has 1 atom stereocenters. The van der Waals surface area contributed by atoms with Crippen LogP contribution in [-0.4, -0.2) is 43.8 Å². The Hall–Kier alpha value is -3.10. The summed E-state index contributed by atoms with van der Waals surface area (Å²) in [6.45, 7) is 6.07. The van der Waals surface area contributed by atoms with E-state index < -0.39 is 16.1 Å². The van der Waals surface area contributed by atoms with Crippen molar-refractivity contribution in [2.24, 2.45) is 0 Å². The molecule has 1 heterocycles. The van der Waals surface area contributed by atoms with Gasteiger partial charge in [0.2, 0.25) is 11.8 Å². The molecular weight excluding hydrogens is 510 g/mol. The fourth-order valence-corrected chi connectivity index (χ4v) is 6.68. The van der Waals surface area contributed by atoms with Gasteiger partial charge < -0.3 is 10.2 Å². The number of nitrogens with zero attached hydrogens (tertiary/aromatic N) is 2. The lowest BCUT2D eigenvalue weighted by atomic mass is 10.1. The number of carbonyl (C=O) groups is 2. The van der Waals surface area contributed by atoms with Crippen molar-refractivity contribution in [3.8, 4) is 0 Å². The van der Waals surface area contributed by atoms with Crippen LogP contribution in [-0.2, 0) is 26.2 Å². The first kappa shape index (κ1) is 26.9. The van der Waals surface area contributed by atoms with Crippen molar-refractivity contribution < 1.29 is 18.0 Å². The molecule has 0 saturated carbocycles. The summed E-state index contributed by atoms with van der Waals surface area (Å²) in [6, 6.07) is 17.3. The fourth-order valence-electron chi connectivity index (χ4n) is 4.80. The molecule has 2 amide bonds. The number of amides is 2. The molecule has 0 spiro atoms. The number of nitrogens with one attached hydrogen (secondary N) is 1. The Morgan fingerprint density at radius 2 is 1.70 bits per heavy atom. The van der Waals surface area contributed by atoms with E-state index in [1.807, 2.05) is 51.1 Å². The first-order chi connectivity index (χ1) is 17.6. The summed E-state index contributed by atoms with van der Waals surface area (Å²) >= 11 is 6.03. The van der Waals surface area contributed by atoms with E-state index in [2.05, 4.69) is 5.32 Å². The molecule has 0 fully saturated rings. The van der Waals surface area contributed by atoms with Crippen molar-refractivity contribution in [2.75, 3.05) is 10.8 Å². The lowest BCUT2D eigenvalue weighted by Crippen LogP contribution is -2.50. The Bertz CT molecular complexity index is 1400. The third-order valence-electron chi connectivity index (χ3n) is 6.52. The molecule has 3 aromatic rings. The summed E-state index contributed by atoms with van der Waals surface area (Å²) in [5.41, 5.74) is 1.50. The second-order valence-electron chi connectivity index (χ2n) is 9.55. The van der Waals surface area contributed by atoms with Crippen molar-refractivity contribution in [1.29, 1.82) is 0 Å². The van der Waals surface area contributed by atoms with E-state index in [4.69, 9.17) is 11.6 Å². The molecule has 1 N–H and O–H groups in total. The highest BCUT2D eigenvalue weighted by molar-refractivity contribution is 7.93. The summed E-state index contributed by atoms with van der Waals surface area (Å²) in [7, 11) is -3.69. The van der Waals surface area contributed by atoms with Crippen molar-refractivity contribution >= 4 is 49.9 Å². The lowest BCUT2D eigenvalue weighted by Gasteiger charge is -2.31. The van der Waals surface area contributed by atoms with Crippen molar-refractivity contribution in [2.45, 2.75) is 63.6 Å².